The maximum absolute atomic E-state index is 13.8. The highest BCUT2D eigenvalue weighted by atomic mass is 32.2. The van der Waals surface area contributed by atoms with E-state index in [1.807, 2.05) is 56.3 Å². The highest BCUT2D eigenvalue weighted by Gasteiger charge is 2.44. The summed E-state index contributed by atoms with van der Waals surface area (Å²) in [5.74, 6) is 0.395. The van der Waals surface area contributed by atoms with Crippen LogP contribution in [0.25, 0.3) is 0 Å². The maximum atomic E-state index is 13.8. The molecule has 258 valence electrons. The van der Waals surface area contributed by atoms with Crippen molar-refractivity contribution in [1.82, 2.24) is 9.62 Å². The van der Waals surface area contributed by atoms with Crippen LogP contribution in [0.3, 0.4) is 0 Å². The Morgan fingerprint density at radius 1 is 1.04 bits per heavy atom. The molecule has 0 saturated carbocycles. The molecule has 3 aromatic carbocycles. The van der Waals surface area contributed by atoms with Gasteiger partial charge in [-0.15, -0.1) is 0 Å². The van der Waals surface area contributed by atoms with E-state index in [0.29, 0.717) is 25.4 Å². The number of ether oxygens (including phenoxy) is 4. The van der Waals surface area contributed by atoms with Gasteiger partial charge in [-0.2, -0.15) is 4.31 Å². The number of fused-ring (bicyclic) bond motifs is 1. The first kappa shape index (κ1) is 35.2. The number of benzene rings is 3. The van der Waals surface area contributed by atoms with Crippen LogP contribution in [-0.2, 0) is 37.3 Å². The summed E-state index contributed by atoms with van der Waals surface area (Å²) in [5.41, 5.74) is 1.39. The summed E-state index contributed by atoms with van der Waals surface area (Å²) in [4.78, 5) is 23.6. The van der Waals surface area contributed by atoms with Gasteiger partial charge in [-0.1, -0.05) is 62.4 Å². The second kappa shape index (κ2) is 15.9. The van der Waals surface area contributed by atoms with Crippen LogP contribution in [0, 0.1) is 22.0 Å². The third-order valence-corrected chi connectivity index (χ3v) is 10.1. The molecule has 0 aromatic heterocycles. The number of nitrogens with one attached hydrogen (secondary N) is 1. The Morgan fingerprint density at radius 3 is 2.50 bits per heavy atom. The molecule has 2 aliphatic rings. The molecule has 2 fully saturated rings. The number of nitrogens with zero attached hydrogens (tertiary/aromatic N) is 2. The van der Waals surface area contributed by atoms with Crippen molar-refractivity contribution in [2.75, 3.05) is 26.3 Å². The zero-order valence-electron chi connectivity index (χ0n) is 26.8. The van der Waals surface area contributed by atoms with Gasteiger partial charge in [0, 0.05) is 25.2 Å². The first-order valence-corrected chi connectivity index (χ1v) is 17.3. The maximum Gasteiger partial charge on any atom is 0.407 e. The Labute approximate surface area is 280 Å². The average Bonchev–Trinajstić information content (AvgIpc) is 3.69. The number of sulfonamides is 1. The molecule has 0 aliphatic carbocycles. The summed E-state index contributed by atoms with van der Waals surface area (Å²) in [6.07, 6.45) is -2.29. The van der Waals surface area contributed by atoms with Crippen LogP contribution in [0.2, 0.25) is 0 Å². The number of amides is 1. The van der Waals surface area contributed by atoms with Crippen molar-refractivity contribution < 1.29 is 42.2 Å². The number of nitro benzene ring substituents is 1. The number of non-ortho nitro benzene ring substituents is 1. The average molecular weight is 684 g/mol. The molecule has 0 spiro atoms. The van der Waals surface area contributed by atoms with Crippen molar-refractivity contribution in [3.05, 3.63) is 100 Å². The summed E-state index contributed by atoms with van der Waals surface area (Å²) in [7, 11) is -4.27. The van der Waals surface area contributed by atoms with Gasteiger partial charge in [0.05, 0.1) is 41.1 Å². The molecule has 2 aliphatic heterocycles. The minimum atomic E-state index is -4.27. The lowest BCUT2D eigenvalue weighted by atomic mass is 10.0. The van der Waals surface area contributed by atoms with Gasteiger partial charge in [0.2, 0.25) is 10.0 Å². The van der Waals surface area contributed by atoms with Crippen molar-refractivity contribution >= 4 is 21.8 Å². The van der Waals surface area contributed by atoms with Gasteiger partial charge in [-0.3, -0.25) is 10.1 Å². The predicted molar refractivity (Wildman–Crippen MR) is 175 cm³/mol. The van der Waals surface area contributed by atoms with Crippen LogP contribution in [0.5, 0.6) is 5.75 Å². The number of carbonyl (C=O) groups is 1. The number of alkyl carbamates (subject to hydrolysis) is 1. The van der Waals surface area contributed by atoms with E-state index in [9.17, 15) is 28.4 Å². The predicted octanol–water partition coefficient (Wildman–Crippen LogP) is 4.28. The molecule has 2 N–H and O–H groups in total. The first-order valence-electron chi connectivity index (χ1n) is 15.9. The van der Waals surface area contributed by atoms with Crippen LogP contribution in [0.15, 0.2) is 83.8 Å². The second-order valence-corrected chi connectivity index (χ2v) is 14.3. The van der Waals surface area contributed by atoms with Crippen LogP contribution in [0.1, 0.15) is 31.4 Å². The number of aliphatic hydroxyl groups excluding tert-OH is 1. The summed E-state index contributed by atoms with van der Waals surface area (Å²) in [6, 6.07) is 20.7. The summed E-state index contributed by atoms with van der Waals surface area (Å²) >= 11 is 0. The fourth-order valence-electron chi connectivity index (χ4n) is 5.79. The quantitative estimate of drug-likeness (QED) is 0.174. The second-order valence-electron chi connectivity index (χ2n) is 12.4. The number of carbonyl (C=O) groups excluding carboxylic acids is 1. The van der Waals surface area contributed by atoms with E-state index in [-0.39, 0.29) is 42.0 Å². The normalized spacial score (nSPS) is 20.3. The molecule has 0 radical (unpaired) electrons. The first-order chi connectivity index (χ1) is 23.0. The van der Waals surface area contributed by atoms with E-state index in [1.54, 1.807) is 12.1 Å². The highest BCUT2D eigenvalue weighted by Crippen LogP contribution is 2.33. The fourth-order valence-corrected chi connectivity index (χ4v) is 7.45. The minimum Gasteiger partial charge on any atom is -0.489 e. The summed E-state index contributed by atoms with van der Waals surface area (Å²) in [5, 5.41) is 25.7. The van der Waals surface area contributed by atoms with Crippen molar-refractivity contribution in [2.45, 2.75) is 62.7 Å². The molecule has 13 nitrogen and oxygen atoms in total. The van der Waals surface area contributed by atoms with Crippen LogP contribution >= 0.6 is 0 Å². The van der Waals surface area contributed by atoms with Gasteiger partial charge in [0.15, 0.2) is 6.29 Å². The molecule has 1 amide bonds. The monoisotopic (exact) mass is 683 g/mol. The summed E-state index contributed by atoms with van der Waals surface area (Å²) < 4.78 is 51.3. The molecular formula is C34H41N3O10S. The largest absolute Gasteiger partial charge is 0.489 e. The lowest BCUT2D eigenvalue weighted by Gasteiger charge is -2.31. The number of nitro groups is 1. The zero-order valence-corrected chi connectivity index (χ0v) is 27.7. The van der Waals surface area contributed by atoms with Gasteiger partial charge in [-0.25, -0.2) is 13.2 Å². The van der Waals surface area contributed by atoms with E-state index in [2.05, 4.69) is 5.32 Å². The van der Waals surface area contributed by atoms with Gasteiger partial charge < -0.3 is 29.4 Å². The Balaban J connectivity index is 1.33. The Kier molecular flexibility index (Phi) is 11.7. The molecular weight excluding hydrogens is 642 g/mol. The number of hydrogen-bond donors (Lipinski definition) is 2. The number of hydrogen-bond acceptors (Lipinski definition) is 10. The van der Waals surface area contributed by atoms with Gasteiger partial charge in [0.25, 0.3) is 5.69 Å². The highest BCUT2D eigenvalue weighted by molar-refractivity contribution is 7.89. The van der Waals surface area contributed by atoms with E-state index >= 15 is 0 Å². The van der Waals surface area contributed by atoms with Crippen LogP contribution < -0.4 is 10.1 Å². The minimum absolute atomic E-state index is 0.0230. The lowest BCUT2D eigenvalue weighted by molar-refractivity contribution is -0.385. The van der Waals surface area contributed by atoms with Gasteiger partial charge in [-0.05, 0) is 48.1 Å². The molecule has 48 heavy (non-hydrogen) atoms. The molecule has 5 rings (SSSR count). The lowest BCUT2D eigenvalue weighted by Crippen LogP contribution is -2.51. The molecule has 3 aromatic rings. The third kappa shape index (κ3) is 9.08. The Morgan fingerprint density at radius 2 is 1.79 bits per heavy atom. The molecule has 5 atom stereocenters. The van der Waals surface area contributed by atoms with Crippen molar-refractivity contribution in [3.63, 3.8) is 0 Å². The SMILES string of the molecule is CC(C)CN(C[C@@H](O)[C@H](Cc1ccc(OCc2ccccc2)cc1)NC(=O)O[C@H]1COC2OCCC21)S(=O)(=O)c1cccc([N+](=O)[O-])c1. The molecule has 2 unspecified atom stereocenters. The van der Waals surface area contributed by atoms with E-state index in [0.717, 1.165) is 21.5 Å². The summed E-state index contributed by atoms with van der Waals surface area (Å²) in [6.45, 7) is 4.35. The number of aliphatic hydroxyl groups is 1. The van der Waals surface area contributed by atoms with E-state index < -0.39 is 52.1 Å². The van der Waals surface area contributed by atoms with Crippen LogP contribution in [0.4, 0.5) is 10.5 Å². The molecule has 0 bridgehead atoms. The zero-order chi connectivity index (χ0) is 34.3. The van der Waals surface area contributed by atoms with Crippen molar-refractivity contribution in [2.24, 2.45) is 11.8 Å². The van der Waals surface area contributed by atoms with Crippen molar-refractivity contribution in [1.29, 1.82) is 0 Å². The third-order valence-electron chi connectivity index (χ3n) is 8.26. The topological polar surface area (TPSA) is 167 Å². The molecule has 2 saturated heterocycles. The smallest absolute Gasteiger partial charge is 0.407 e. The Hall–Kier alpha value is -4.08. The standard InChI is InChI=1S/C34H41N3O10S/c1-23(2)19-36(48(42,43)28-10-6-9-26(18-28)37(40)41)20-31(38)30(35-34(39)47-32-22-46-33-29(32)15-16-44-33)17-24-11-13-27(14-12-24)45-21-25-7-4-3-5-8-25/h3-14,18,23,29-33,38H,15-17,19-22H2,1-2H3,(H,35,39)/t29?,30-,31+,32-,33?/m0/s1. The van der Waals surface area contributed by atoms with Gasteiger partial charge >= 0.3 is 6.09 Å². The molecule has 2 heterocycles. The van der Waals surface area contributed by atoms with Crippen molar-refractivity contribution in [3.8, 4) is 5.75 Å². The van der Waals surface area contributed by atoms with Crippen LogP contribution in [-0.4, -0.2) is 79.7 Å². The number of rotatable bonds is 15. The van der Waals surface area contributed by atoms with E-state index in [4.69, 9.17) is 18.9 Å². The fraction of sp³-hybridized carbons (Fsp3) is 0.441. The Bertz CT molecular complexity index is 1640. The van der Waals surface area contributed by atoms with Gasteiger partial charge in [0.1, 0.15) is 18.5 Å². The molecule has 14 heteroatoms. The van der Waals surface area contributed by atoms with E-state index in [1.165, 1.54) is 18.2 Å².